The van der Waals surface area contributed by atoms with Crippen molar-refractivity contribution in [3.05, 3.63) is 76.8 Å². The number of nitrogens with zero attached hydrogens (tertiary/aromatic N) is 4. The molecule has 1 aromatic carbocycles. The van der Waals surface area contributed by atoms with Gasteiger partial charge in [0.15, 0.2) is 0 Å². The van der Waals surface area contributed by atoms with Crippen molar-refractivity contribution >= 4 is 5.91 Å². The summed E-state index contributed by atoms with van der Waals surface area (Å²) in [5, 5.41) is 8.11. The molecule has 31 heavy (non-hydrogen) atoms. The van der Waals surface area contributed by atoms with Crippen LogP contribution in [0.15, 0.2) is 47.0 Å². The van der Waals surface area contributed by atoms with Crippen LogP contribution >= 0.6 is 0 Å². The highest BCUT2D eigenvalue weighted by atomic mass is 16.4. The molecular formula is C25H30N4O2. The second kappa shape index (κ2) is 9.41. The van der Waals surface area contributed by atoms with Crippen molar-refractivity contribution in [1.29, 1.82) is 0 Å². The standard InChI is InChI=1S/C25H30N4O2/c1-17(2)25-28-27-23(31-25)12-13-24(30)29-14-4-5-22(29)21-11-10-20(16-26-21)15-19-8-6-18(3)7-9-19/h6-11,16-17,22H,4-5,12-15H2,1-3H3. The lowest BCUT2D eigenvalue weighted by Gasteiger charge is -2.24. The van der Waals surface area contributed by atoms with E-state index in [4.69, 9.17) is 9.40 Å². The van der Waals surface area contributed by atoms with Crippen LogP contribution in [0.2, 0.25) is 0 Å². The predicted octanol–water partition coefficient (Wildman–Crippen LogP) is 4.78. The Balaban J connectivity index is 1.36. The molecule has 1 atom stereocenters. The fraction of sp³-hybridized carbons (Fsp3) is 0.440. The molecule has 2 aromatic heterocycles. The number of likely N-dealkylation sites (tertiary alicyclic amines) is 1. The van der Waals surface area contributed by atoms with Gasteiger partial charge in [-0.3, -0.25) is 9.78 Å². The van der Waals surface area contributed by atoms with Crippen LogP contribution in [0, 0.1) is 6.92 Å². The van der Waals surface area contributed by atoms with Crippen LogP contribution in [-0.4, -0.2) is 32.5 Å². The smallest absolute Gasteiger partial charge is 0.223 e. The molecule has 1 amide bonds. The van der Waals surface area contributed by atoms with Gasteiger partial charge in [-0.2, -0.15) is 0 Å². The van der Waals surface area contributed by atoms with Crippen LogP contribution < -0.4 is 0 Å². The summed E-state index contributed by atoms with van der Waals surface area (Å²) in [5.41, 5.74) is 4.70. The lowest BCUT2D eigenvalue weighted by molar-refractivity contribution is -0.132. The van der Waals surface area contributed by atoms with E-state index in [0.29, 0.717) is 24.6 Å². The van der Waals surface area contributed by atoms with Gasteiger partial charge in [-0.05, 0) is 43.4 Å². The summed E-state index contributed by atoms with van der Waals surface area (Å²) in [6, 6.07) is 12.9. The monoisotopic (exact) mass is 418 g/mol. The molecule has 0 saturated carbocycles. The average molecular weight is 419 g/mol. The first-order chi connectivity index (χ1) is 15.0. The van der Waals surface area contributed by atoms with E-state index in [1.54, 1.807) is 0 Å². The number of benzene rings is 1. The van der Waals surface area contributed by atoms with Gasteiger partial charge < -0.3 is 9.32 Å². The van der Waals surface area contributed by atoms with Crippen molar-refractivity contribution in [2.24, 2.45) is 0 Å². The summed E-state index contributed by atoms with van der Waals surface area (Å²) >= 11 is 0. The van der Waals surface area contributed by atoms with Gasteiger partial charge in [-0.1, -0.05) is 49.7 Å². The normalized spacial score (nSPS) is 16.3. The summed E-state index contributed by atoms with van der Waals surface area (Å²) in [4.78, 5) is 19.6. The summed E-state index contributed by atoms with van der Waals surface area (Å²) in [6.45, 7) is 6.89. The maximum absolute atomic E-state index is 12.9. The molecule has 1 aliphatic rings. The summed E-state index contributed by atoms with van der Waals surface area (Å²) in [7, 11) is 0. The SMILES string of the molecule is Cc1ccc(Cc2ccc(C3CCCN3C(=O)CCc3nnc(C(C)C)o3)nc2)cc1. The third-order valence-corrected chi connectivity index (χ3v) is 5.82. The zero-order valence-corrected chi connectivity index (χ0v) is 18.5. The Bertz CT molecular complexity index is 1010. The van der Waals surface area contributed by atoms with Crippen LogP contribution in [0.4, 0.5) is 0 Å². The van der Waals surface area contributed by atoms with Crippen molar-refractivity contribution < 1.29 is 9.21 Å². The number of carbonyl (C=O) groups excluding carboxylic acids is 1. The largest absolute Gasteiger partial charge is 0.425 e. The Morgan fingerprint density at radius 1 is 1.13 bits per heavy atom. The van der Waals surface area contributed by atoms with Crippen LogP contribution in [0.1, 0.15) is 79.2 Å². The van der Waals surface area contributed by atoms with Crippen molar-refractivity contribution in [3.63, 3.8) is 0 Å². The number of aromatic nitrogens is 3. The number of amides is 1. The lowest BCUT2D eigenvalue weighted by atomic mass is 10.0. The van der Waals surface area contributed by atoms with Crippen molar-refractivity contribution in [2.45, 2.75) is 64.8 Å². The lowest BCUT2D eigenvalue weighted by Crippen LogP contribution is -2.31. The number of aryl methyl sites for hydroxylation is 2. The van der Waals surface area contributed by atoms with E-state index < -0.39 is 0 Å². The molecule has 1 saturated heterocycles. The molecule has 1 fully saturated rings. The van der Waals surface area contributed by atoms with E-state index in [1.165, 1.54) is 16.7 Å². The van der Waals surface area contributed by atoms with Gasteiger partial charge in [-0.25, -0.2) is 0 Å². The molecule has 0 bridgehead atoms. The van der Waals surface area contributed by atoms with Crippen LogP contribution in [-0.2, 0) is 17.6 Å². The van der Waals surface area contributed by atoms with Gasteiger partial charge in [0.05, 0.1) is 11.7 Å². The fourth-order valence-electron chi connectivity index (χ4n) is 4.01. The molecular weight excluding hydrogens is 388 g/mol. The topological polar surface area (TPSA) is 72.1 Å². The third-order valence-electron chi connectivity index (χ3n) is 5.82. The van der Waals surface area contributed by atoms with Gasteiger partial charge in [0.1, 0.15) is 0 Å². The quantitative estimate of drug-likeness (QED) is 0.552. The maximum Gasteiger partial charge on any atom is 0.223 e. The fourth-order valence-corrected chi connectivity index (χ4v) is 4.01. The minimum atomic E-state index is 0.0508. The molecule has 1 aliphatic heterocycles. The van der Waals surface area contributed by atoms with Gasteiger partial charge >= 0.3 is 0 Å². The molecule has 1 unspecified atom stereocenters. The van der Waals surface area contributed by atoms with E-state index in [1.807, 2.05) is 24.9 Å². The van der Waals surface area contributed by atoms with E-state index >= 15 is 0 Å². The molecule has 162 valence electrons. The van der Waals surface area contributed by atoms with Crippen molar-refractivity contribution in [3.8, 4) is 0 Å². The van der Waals surface area contributed by atoms with Crippen LogP contribution in [0.5, 0.6) is 0 Å². The highest BCUT2D eigenvalue weighted by Gasteiger charge is 2.30. The second-order valence-electron chi connectivity index (χ2n) is 8.69. The molecule has 6 nitrogen and oxygen atoms in total. The van der Waals surface area contributed by atoms with Crippen molar-refractivity contribution in [2.75, 3.05) is 6.54 Å². The first-order valence-electron chi connectivity index (χ1n) is 11.1. The van der Waals surface area contributed by atoms with Crippen LogP contribution in [0.25, 0.3) is 0 Å². The highest BCUT2D eigenvalue weighted by molar-refractivity contribution is 5.77. The Labute approximate surface area is 183 Å². The number of pyridine rings is 1. The van der Waals surface area contributed by atoms with Gasteiger partial charge in [0, 0.05) is 31.5 Å². The molecule has 0 radical (unpaired) electrons. The van der Waals surface area contributed by atoms with E-state index in [9.17, 15) is 4.79 Å². The van der Waals surface area contributed by atoms with Gasteiger partial charge in [-0.15, -0.1) is 10.2 Å². The highest BCUT2D eigenvalue weighted by Crippen LogP contribution is 2.31. The molecule has 0 N–H and O–H groups in total. The molecule has 3 aromatic rings. The molecule has 6 heteroatoms. The zero-order valence-electron chi connectivity index (χ0n) is 18.5. The van der Waals surface area contributed by atoms with E-state index in [-0.39, 0.29) is 17.9 Å². The van der Waals surface area contributed by atoms with Gasteiger partial charge in [0.2, 0.25) is 17.7 Å². The van der Waals surface area contributed by atoms with Crippen molar-refractivity contribution in [1.82, 2.24) is 20.1 Å². The number of hydrogen-bond donors (Lipinski definition) is 0. The molecule has 4 rings (SSSR count). The maximum atomic E-state index is 12.9. The molecule has 0 aliphatic carbocycles. The molecule has 3 heterocycles. The third kappa shape index (κ3) is 5.19. The summed E-state index contributed by atoms with van der Waals surface area (Å²) in [6.07, 6.45) is 5.62. The first kappa shape index (κ1) is 21.2. The Morgan fingerprint density at radius 3 is 2.58 bits per heavy atom. The minimum Gasteiger partial charge on any atom is -0.425 e. The predicted molar refractivity (Wildman–Crippen MR) is 119 cm³/mol. The Hall–Kier alpha value is -3.02. The number of rotatable bonds is 7. The van der Waals surface area contributed by atoms with Gasteiger partial charge in [0.25, 0.3) is 0 Å². The number of carbonyl (C=O) groups is 1. The minimum absolute atomic E-state index is 0.0508. The van der Waals surface area contributed by atoms with E-state index in [0.717, 1.165) is 31.5 Å². The first-order valence-corrected chi connectivity index (χ1v) is 11.1. The van der Waals surface area contributed by atoms with Crippen LogP contribution in [0.3, 0.4) is 0 Å². The number of hydrogen-bond acceptors (Lipinski definition) is 5. The second-order valence-corrected chi connectivity index (χ2v) is 8.69. The Morgan fingerprint density at radius 2 is 1.90 bits per heavy atom. The van der Waals surface area contributed by atoms with E-state index in [2.05, 4.69) is 53.5 Å². The summed E-state index contributed by atoms with van der Waals surface area (Å²) in [5.74, 6) is 1.47. The Kier molecular flexibility index (Phi) is 6.44. The average Bonchev–Trinajstić information content (AvgIpc) is 3.44. The molecule has 0 spiro atoms. The summed E-state index contributed by atoms with van der Waals surface area (Å²) < 4.78 is 5.63. The zero-order chi connectivity index (χ0) is 21.8.